The van der Waals surface area contributed by atoms with Crippen molar-refractivity contribution >= 4 is 12.6 Å². The van der Waals surface area contributed by atoms with Crippen molar-refractivity contribution in [3.05, 3.63) is 22.8 Å². The Kier molecular flexibility index (Phi) is 2.68. The summed E-state index contributed by atoms with van der Waals surface area (Å²) in [6.07, 6.45) is 0. The molecule has 0 N–H and O–H groups in total. The molecule has 0 aromatic heterocycles. The van der Waals surface area contributed by atoms with Crippen molar-refractivity contribution in [3.8, 4) is 5.75 Å². The molecule has 66 valence electrons. The van der Waals surface area contributed by atoms with Gasteiger partial charge in [-0.2, -0.15) is 0 Å². The SMILES string of the molecule is COc1c(C)cc(S)c(C)c1C. The van der Waals surface area contributed by atoms with Crippen LogP contribution in [0.3, 0.4) is 0 Å². The molecule has 1 rings (SSSR count). The molecule has 0 bridgehead atoms. The first-order chi connectivity index (χ1) is 5.57. The molecular formula is C10H14OS. The average Bonchev–Trinajstić information content (AvgIpc) is 2.01. The van der Waals surface area contributed by atoms with E-state index < -0.39 is 0 Å². The van der Waals surface area contributed by atoms with Gasteiger partial charge in [-0.15, -0.1) is 12.6 Å². The van der Waals surface area contributed by atoms with Crippen LogP contribution in [0.4, 0.5) is 0 Å². The third-order valence-electron chi connectivity index (χ3n) is 2.20. The van der Waals surface area contributed by atoms with Gasteiger partial charge in [-0.05, 0) is 43.5 Å². The van der Waals surface area contributed by atoms with Gasteiger partial charge in [0.15, 0.2) is 0 Å². The highest BCUT2D eigenvalue weighted by molar-refractivity contribution is 7.80. The summed E-state index contributed by atoms with van der Waals surface area (Å²) in [5, 5.41) is 0. The van der Waals surface area contributed by atoms with Gasteiger partial charge in [0.2, 0.25) is 0 Å². The molecule has 0 radical (unpaired) electrons. The maximum Gasteiger partial charge on any atom is 0.125 e. The Morgan fingerprint density at radius 1 is 1.17 bits per heavy atom. The minimum Gasteiger partial charge on any atom is -0.496 e. The second kappa shape index (κ2) is 3.40. The monoisotopic (exact) mass is 182 g/mol. The topological polar surface area (TPSA) is 9.23 Å². The highest BCUT2D eigenvalue weighted by Gasteiger charge is 2.07. The van der Waals surface area contributed by atoms with Crippen LogP contribution in [0.15, 0.2) is 11.0 Å². The van der Waals surface area contributed by atoms with Gasteiger partial charge in [-0.1, -0.05) is 0 Å². The molecule has 1 aromatic rings. The molecule has 0 aliphatic heterocycles. The smallest absolute Gasteiger partial charge is 0.125 e. The summed E-state index contributed by atoms with van der Waals surface area (Å²) in [7, 11) is 1.70. The second-order valence-corrected chi connectivity index (χ2v) is 3.48. The first kappa shape index (κ1) is 9.46. The first-order valence-electron chi connectivity index (χ1n) is 3.91. The summed E-state index contributed by atoms with van der Waals surface area (Å²) in [5.41, 5.74) is 3.52. The Bertz CT molecular complexity index is 305. The van der Waals surface area contributed by atoms with E-state index in [1.807, 2.05) is 13.0 Å². The molecule has 0 fully saturated rings. The van der Waals surface area contributed by atoms with Crippen molar-refractivity contribution in [2.75, 3.05) is 7.11 Å². The predicted octanol–water partition coefficient (Wildman–Crippen LogP) is 2.91. The summed E-state index contributed by atoms with van der Waals surface area (Å²) < 4.78 is 5.28. The van der Waals surface area contributed by atoms with E-state index in [0.717, 1.165) is 16.2 Å². The molecule has 1 nitrogen and oxygen atoms in total. The molecule has 0 unspecified atom stereocenters. The predicted molar refractivity (Wildman–Crippen MR) is 54.5 cm³/mol. The lowest BCUT2D eigenvalue weighted by molar-refractivity contribution is 0.407. The van der Waals surface area contributed by atoms with Crippen molar-refractivity contribution in [2.24, 2.45) is 0 Å². The number of ether oxygens (including phenoxy) is 1. The van der Waals surface area contributed by atoms with Crippen LogP contribution in [0.2, 0.25) is 0 Å². The molecule has 12 heavy (non-hydrogen) atoms. The Labute approximate surface area is 79.2 Å². The minimum absolute atomic E-state index is 0.977. The van der Waals surface area contributed by atoms with E-state index in [9.17, 15) is 0 Å². The fourth-order valence-corrected chi connectivity index (χ4v) is 1.71. The first-order valence-corrected chi connectivity index (χ1v) is 4.36. The van der Waals surface area contributed by atoms with Gasteiger partial charge in [0, 0.05) is 4.90 Å². The van der Waals surface area contributed by atoms with Crippen molar-refractivity contribution in [1.82, 2.24) is 0 Å². The molecule has 0 heterocycles. The number of thiol groups is 1. The number of rotatable bonds is 1. The Morgan fingerprint density at radius 3 is 2.25 bits per heavy atom. The lowest BCUT2D eigenvalue weighted by atomic mass is 10.1. The van der Waals surface area contributed by atoms with Gasteiger partial charge in [-0.3, -0.25) is 0 Å². The van der Waals surface area contributed by atoms with Crippen LogP contribution >= 0.6 is 12.6 Å². The van der Waals surface area contributed by atoms with Crippen molar-refractivity contribution in [3.63, 3.8) is 0 Å². The van der Waals surface area contributed by atoms with E-state index in [1.54, 1.807) is 7.11 Å². The molecule has 0 spiro atoms. The third-order valence-corrected chi connectivity index (χ3v) is 2.67. The molecule has 2 heteroatoms. The maximum atomic E-state index is 5.28. The highest BCUT2D eigenvalue weighted by Crippen LogP contribution is 2.29. The van der Waals surface area contributed by atoms with Crippen LogP contribution < -0.4 is 4.74 Å². The van der Waals surface area contributed by atoms with Gasteiger partial charge < -0.3 is 4.74 Å². The number of aryl methyl sites for hydroxylation is 1. The van der Waals surface area contributed by atoms with E-state index in [2.05, 4.69) is 26.5 Å². The van der Waals surface area contributed by atoms with Gasteiger partial charge in [-0.25, -0.2) is 0 Å². The van der Waals surface area contributed by atoms with E-state index in [-0.39, 0.29) is 0 Å². The zero-order chi connectivity index (χ0) is 9.30. The van der Waals surface area contributed by atoms with Crippen molar-refractivity contribution in [2.45, 2.75) is 25.7 Å². The van der Waals surface area contributed by atoms with Gasteiger partial charge in [0.05, 0.1) is 7.11 Å². The van der Waals surface area contributed by atoms with Crippen LogP contribution in [0.25, 0.3) is 0 Å². The minimum atomic E-state index is 0.977. The van der Waals surface area contributed by atoms with E-state index in [4.69, 9.17) is 4.74 Å². The average molecular weight is 182 g/mol. The van der Waals surface area contributed by atoms with E-state index in [0.29, 0.717) is 0 Å². The van der Waals surface area contributed by atoms with Gasteiger partial charge in [0.1, 0.15) is 5.75 Å². The van der Waals surface area contributed by atoms with Crippen LogP contribution in [0.5, 0.6) is 5.75 Å². The van der Waals surface area contributed by atoms with Gasteiger partial charge in [0.25, 0.3) is 0 Å². The number of hydrogen-bond donors (Lipinski definition) is 1. The molecule has 0 atom stereocenters. The number of methoxy groups -OCH3 is 1. The van der Waals surface area contributed by atoms with Crippen LogP contribution in [0.1, 0.15) is 16.7 Å². The summed E-state index contributed by atoms with van der Waals surface area (Å²) in [5.74, 6) is 0.977. The third kappa shape index (κ3) is 1.44. The Balaban J connectivity index is 3.40. The molecule has 0 amide bonds. The standard InChI is InChI=1S/C10H14OS/c1-6-5-9(12)7(2)8(3)10(6)11-4/h5,12H,1-4H3. The lowest BCUT2D eigenvalue weighted by Gasteiger charge is -2.12. The van der Waals surface area contributed by atoms with E-state index >= 15 is 0 Å². The lowest BCUT2D eigenvalue weighted by Crippen LogP contribution is -1.94. The largest absolute Gasteiger partial charge is 0.496 e. The zero-order valence-corrected chi connectivity index (χ0v) is 8.83. The fraction of sp³-hybridized carbons (Fsp3) is 0.400. The van der Waals surface area contributed by atoms with Crippen molar-refractivity contribution in [1.29, 1.82) is 0 Å². The van der Waals surface area contributed by atoms with E-state index in [1.165, 1.54) is 11.1 Å². The normalized spacial score (nSPS) is 10.1. The summed E-state index contributed by atoms with van der Waals surface area (Å²) in [6.45, 7) is 6.14. The van der Waals surface area contributed by atoms with Crippen molar-refractivity contribution < 1.29 is 4.74 Å². The molecule has 0 aliphatic rings. The summed E-state index contributed by atoms with van der Waals surface area (Å²) in [6, 6.07) is 2.03. The van der Waals surface area contributed by atoms with Crippen LogP contribution in [-0.4, -0.2) is 7.11 Å². The number of benzene rings is 1. The quantitative estimate of drug-likeness (QED) is 0.657. The molecular weight excluding hydrogens is 168 g/mol. The van der Waals surface area contributed by atoms with Crippen LogP contribution in [-0.2, 0) is 0 Å². The zero-order valence-electron chi connectivity index (χ0n) is 7.93. The molecule has 1 aromatic carbocycles. The Morgan fingerprint density at radius 2 is 1.75 bits per heavy atom. The summed E-state index contributed by atoms with van der Waals surface area (Å²) >= 11 is 4.37. The molecule has 0 aliphatic carbocycles. The number of hydrogen-bond acceptors (Lipinski definition) is 2. The Hall–Kier alpha value is -0.630. The molecule has 0 saturated heterocycles. The van der Waals surface area contributed by atoms with Crippen LogP contribution in [0, 0.1) is 20.8 Å². The fourth-order valence-electron chi connectivity index (χ4n) is 1.35. The molecule has 0 saturated carbocycles. The highest BCUT2D eigenvalue weighted by atomic mass is 32.1. The maximum absolute atomic E-state index is 5.28. The van der Waals surface area contributed by atoms with Gasteiger partial charge >= 0.3 is 0 Å². The second-order valence-electron chi connectivity index (χ2n) is 3.00. The summed E-state index contributed by atoms with van der Waals surface area (Å²) in [4.78, 5) is 1.03.